The van der Waals surface area contributed by atoms with Crippen LogP contribution in [0.5, 0.6) is 0 Å². The molecule has 0 spiro atoms. The van der Waals surface area contributed by atoms with Gasteiger partial charge in [0, 0.05) is 6.54 Å². The molecule has 0 bridgehead atoms. The Morgan fingerprint density at radius 1 is 1.55 bits per heavy atom. The number of aryl methyl sites for hydroxylation is 1. The van der Waals surface area contributed by atoms with Crippen LogP contribution in [0.25, 0.3) is 0 Å². The van der Waals surface area contributed by atoms with E-state index in [1.165, 1.54) is 5.38 Å². The monoisotopic (exact) mass is 319 g/mol. The molecule has 0 saturated carbocycles. The van der Waals surface area contributed by atoms with Crippen LogP contribution in [0.4, 0.5) is 0 Å². The summed E-state index contributed by atoms with van der Waals surface area (Å²) in [6.07, 6.45) is 0. The van der Waals surface area contributed by atoms with Gasteiger partial charge in [0.25, 0.3) is 0 Å². The van der Waals surface area contributed by atoms with Crippen molar-refractivity contribution in [3.63, 3.8) is 0 Å². The van der Waals surface area contributed by atoms with Crippen LogP contribution in [-0.2, 0) is 14.8 Å². The first-order valence-corrected chi connectivity index (χ1v) is 8.15. The molecule has 1 rings (SSSR count). The number of carboxylic acid groups (broad SMARTS) is 1. The summed E-state index contributed by atoms with van der Waals surface area (Å²) >= 11 is 0.897. The first-order chi connectivity index (χ1) is 9.25. The lowest BCUT2D eigenvalue weighted by atomic mass is 10.3. The van der Waals surface area contributed by atoms with Gasteiger partial charge in [0.05, 0.1) is 13.2 Å². The zero-order valence-corrected chi connectivity index (χ0v) is 12.9. The van der Waals surface area contributed by atoms with E-state index >= 15 is 0 Å². The summed E-state index contributed by atoms with van der Waals surface area (Å²) in [7, 11) is -3.85. The summed E-state index contributed by atoms with van der Waals surface area (Å²) in [6, 6.07) is 0. The van der Waals surface area contributed by atoms with E-state index in [9.17, 15) is 13.2 Å². The van der Waals surface area contributed by atoms with E-state index in [-0.39, 0.29) is 22.9 Å². The van der Waals surface area contributed by atoms with Gasteiger partial charge in [-0.25, -0.2) is 17.9 Å². The molecule has 0 saturated heterocycles. The van der Waals surface area contributed by atoms with E-state index in [4.69, 9.17) is 9.84 Å². The highest BCUT2D eigenvalue weighted by atomic mass is 32.2. The van der Waals surface area contributed by atoms with E-state index < -0.39 is 16.0 Å². The van der Waals surface area contributed by atoms with Gasteiger partial charge in [-0.15, -0.1) is 11.3 Å². The smallest absolute Gasteiger partial charge is 0.347 e. The van der Waals surface area contributed by atoms with Crippen LogP contribution in [0.3, 0.4) is 0 Å². The van der Waals surface area contributed by atoms with Crippen LogP contribution < -0.4 is 4.72 Å². The molecule has 2 N–H and O–H groups in total. The Labute approximate surface area is 122 Å². The Balaban J connectivity index is 2.72. The maximum absolute atomic E-state index is 12.1. The van der Waals surface area contributed by atoms with Crippen molar-refractivity contribution in [3.05, 3.63) is 28.0 Å². The molecule has 1 aromatic heterocycles. The lowest BCUT2D eigenvalue weighted by molar-refractivity contribution is 0.0698. The zero-order chi connectivity index (χ0) is 15.3. The Hall–Kier alpha value is -1.22. The Bertz CT molecular complexity index is 603. The third kappa shape index (κ3) is 4.41. The fourth-order valence-corrected chi connectivity index (χ4v) is 4.12. The molecule has 20 heavy (non-hydrogen) atoms. The first kappa shape index (κ1) is 16.8. The molecule has 0 atom stereocenters. The minimum Gasteiger partial charge on any atom is -0.477 e. The predicted octanol–water partition coefficient (Wildman–Crippen LogP) is 1.63. The summed E-state index contributed by atoms with van der Waals surface area (Å²) in [5.74, 6) is -1.25. The van der Waals surface area contributed by atoms with Crippen LogP contribution in [0.2, 0.25) is 0 Å². The van der Waals surface area contributed by atoms with Gasteiger partial charge < -0.3 is 9.84 Å². The zero-order valence-electron chi connectivity index (χ0n) is 11.3. The first-order valence-electron chi connectivity index (χ1n) is 5.79. The number of hydrogen-bond acceptors (Lipinski definition) is 5. The molecule has 6 nitrogen and oxygen atoms in total. The maximum atomic E-state index is 12.1. The quantitative estimate of drug-likeness (QED) is 0.561. The fourth-order valence-electron chi connectivity index (χ4n) is 1.48. The predicted molar refractivity (Wildman–Crippen MR) is 76.8 cm³/mol. The molecular formula is C12H17NO5S2. The van der Waals surface area contributed by atoms with E-state index in [1.54, 1.807) is 13.8 Å². The average molecular weight is 319 g/mol. The van der Waals surface area contributed by atoms with Gasteiger partial charge in [0.2, 0.25) is 10.0 Å². The third-order valence-corrected chi connectivity index (χ3v) is 5.13. The van der Waals surface area contributed by atoms with Crippen LogP contribution in [-0.4, -0.2) is 39.3 Å². The number of carbonyl (C=O) groups is 1. The summed E-state index contributed by atoms with van der Waals surface area (Å²) in [5.41, 5.74) is 1.26. The highest BCUT2D eigenvalue weighted by Crippen LogP contribution is 2.26. The minimum atomic E-state index is -3.85. The molecule has 0 aromatic carbocycles. The molecule has 1 aromatic rings. The van der Waals surface area contributed by atoms with Crippen LogP contribution >= 0.6 is 11.3 Å². The van der Waals surface area contributed by atoms with Gasteiger partial charge >= 0.3 is 5.97 Å². The summed E-state index contributed by atoms with van der Waals surface area (Å²) < 4.78 is 31.7. The van der Waals surface area contributed by atoms with Gasteiger partial charge in [-0.3, -0.25) is 0 Å². The van der Waals surface area contributed by atoms with Crippen LogP contribution in [0, 0.1) is 6.92 Å². The van der Waals surface area contributed by atoms with Crippen molar-refractivity contribution < 1.29 is 23.1 Å². The molecule has 0 aliphatic rings. The highest BCUT2D eigenvalue weighted by molar-refractivity contribution is 7.89. The van der Waals surface area contributed by atoms with Gasteiger partial charge in [-0.05, 0) is 24.8 Å². The Kier molecular flexibility index (Phi) is 5.88. The molecule has 0 aliphatic heterocycles. The number of sulfonamides is 1. The molecular weight excluding hydrogens is 302 g/mol. The molecule has 0 unspecified atom stereocenters. The molecule has 0 fully saturated rings. The summed E-state index contributed by atoms with van der Waals surface area (Å²) in [5, 5.41) is 10.5. The van der Waals surface area contributed by atoms with Crippen molar-refractivity contribution in [1.82, 2.24) is 4.72 Å². The molecule has 8 heteroatoms. The van der Waals surface area contributed by atoms with Gasteiger partial charge in [0.15, 0.2) is 0 Å². The lowest BCUT2D eigenvalue weighted by Gasteiger charge is -2.08. The number of aromatic carboxylic acids is 1. The van der Waals surface area contributed by atoms with Gasteiger partial charge in [-0.1, -0.05) is 12.2 Å². The van der Waals surface area contributed by atoms with E-state index in [1.807, 2.05) is 0 Å². The largest absolute Gasteiger partial charge is 0.477 e. The van der Waals surface area contributed by atoms with Gasteiger partial charge in [-0.2, -0.15) is 0 Å². The molecule has 0 amide bonds. The number of rotatable bonds is 8. The summed E-state index contributed by atoms with van der Waals surface area (Å²) in [4.78, 5) is 10.7. The van der Waals surface area contributed by atoms with E-state index in [0.717, 1.165) is 16.9 Å². The second-order valence-corrected chi connectivity index (χ2v) is 6.87. The summed E-state index contributed by atoms with van der Waals surface area (Å²) in [6.45, 7) is 7.65. The van der Waals surface area contributed by atoms with Crippen LogP contribution in [0.1, 0.15) is 22.2 Å². The van der Waals surface area contributed by atoms with E-state index in [2.05, 4.69) is 11.3 Å². The third-order valence-electron chi connectivity index (χ3n) is 2.27. The number of nitrogens with one attached hydrogen (secondary N) is 1. The minimum absolute atomic E-state index is 0.0734. The van der Waals surface area contributed by atoms with Crippen molar-refractivity contribution in [1.29, 1.82) is 0 Å². The molecule has 0 aliphatic carbocycles. The Morgan fingerprint density at radius 2 is 2.20 bits per heavy atom. The van der Waals surface area contributed by atoms with Crippen molar-refractivity contribution >= 4 is 27.3 Å². The van der Waals surface area contributed by atoms with E-state index in [0.29, 0.717) is 12.2 Å². The van der Waals surface area contributed by atoms with Crippen molar-refractivity contribution in [2.75, 3.05) is 19.8 Å². The standard InChI is InChI=1S/C12H17NO5S2/c1-8(2)6-18-5-4-13-20(16,17)11-9(3)7-19-10(11)12(14)15/h7,13H,1,4-6H2,2-3H3,(H,14,15). The van der Waals surface area contributed by atoms with Gasteiger partial charge in [0.1, 0.15) is 9.77 Å². The average Bonchev–Trinajstić information content (AvgIpc) is 2.71. The molecule has 112 valence electrons. The number of hydrogen-bond donors (Lipinski definition) is 2. The maximum Gasteiger partial charge on any atom is 0.347 e. The normalized spacial score (nSPS) is 11.5. The topological polar surface area (TPSA) is 92.7 Å². The lowest BCUT2D eigenvalue weighted by Crippen LogP contribution is -2.28. The Morgan fingerprint density at radius 3 is 2.75 bits per heavy atom. The fraction of sp³-hybridized carbons (Fsp3) is 0.417. The van der Waals surface area contributed by atoms with Crippen molar-refractivity contribution in [2.24, 2.45) is 0 Å². The second kappa shape index (κ2) is 6.98. The SMILES string of the molecule is C=C(C)COCCNS(=O)(=O)c1c(C)csc1C(=O)O. The highest BCUT2D eigenvalue weighted by Gasteiger charge is 2.26. The molecule has 1 heterocycles. The van der Waals surface area contributed by atoms with Crippen molar-refractivity contribution in [2.45, 2.75) is 18.7 Å². The van der Waals surface area contributed by atoms with Crippen molar-refractivity contribution in [3.8, 4) is 0 Å². The number of carboxylic acids is 1. The van der Waals surface area contributed by atoms with Crippen LogP contribution in [0.15, 0.2) is 22.4 Å². The molecule has 0 radical (unpaired) electrons. The number of ether oxygens (including phenoxy) is 1. The number of thiophene rings is 1. The second-order valence-electron chi connectivity index (χ2n) is 4.29.